The highest BCUT2D eigenvalue weighted by Gasteiger charge is 2.09. The van der Waals surface area contributed by atoms with Gasteiger partial charge in [-0.05, 0) is 31.5 Å². The first-order valence-corrected chi connectivity index (χ1v) is 7.42. The molecule has 2 atom stereocenters. The van der Waals surface area contributed by atoms with E-state index in [1.54, 1.807) is 31.4 Å². The van der Waals surface area contributed by atoms with Crippen LogP contribution in [0.5, 0.6) is 0 Å². The number of rotatable bonds is 7. The van der Waals surface area contributed by atoms with E-state index in [9.17, 15) is 5.11 Å². The molecule has 1 aromatic carbocycles. The van der Waals surface area contributed by atoms with Crippen molar-refractivity contribution in [3.63, 3.8) is 0 Å². The van der Waals surface area contributed by atoms with E-state index in [4.69, 9.17) is 16.3 Å². The first-order valence-electron chi connectivity index (χ1n) is 7.04. The van der Waals surface area contributed by atoms with Gasteiger partial charge in [0.15, 0.2) is 5.96 Å². The Morgan fingerprint density at radius 2 is 2.00 bits per heavy atom. The number of aliphatic hydroxyl groups is 1. The van der Waals surface area contributed by atoms with E-state index < -0.39 is 6.10 Å². The minimum absolute atomic E-state index is 0. The van der Waals surface area contributed by atoms with Crippen molar-refractivity contribution in [3.05, 3.63) is 34.9 Å². The molecule has 0 aliphatic rings. The molecular weight excluding hydrogens is 417 g/mol. The fourth-order valence-electron chi connectivity index (χ4n) is 1.81. The second-order valence-electron chi connectivity index (χ2n) is 4.79. The summed E-state index contributed by atoms with van der Waals surface area (Å²) in [7, 11) is 1.66. The molecule has 22 heavy (non-hydrogen) atoms. The van der Waals surface area contributed by atoms with Gasteiger partial charge in [-0.2, -0.15) is 0 Å². The Hall–Kier alpha value is -0.570. The maximum atomic E-state index is 10.1. The molecule has 0 spiro atoms. The maximum absolute atomic E-state index is 10.1. The van der Waals surface area contributed by atoms with Gasteiger partial charge in [0.1, 0.15) is 0 Å². The highest BCUT2D eigenvalue weighted by atomic mass is 127. The van der Waals surface area contributed by atoms with Crippen molar-refractivity contribution in [2.45, 2.75) is 26.0 Å². The molecule has 0 bridgehead atoms. The molecule has 7 heteroatoms. The molecule has 3 N–H and O–H groups in total. The lowest BCUT2D eigenvalue weighted by Crippen LogP contribution is -2.44. The molecule has 0 saturated carbocycles. The zero-order chi connectivity index (χ0) is 15.7. The second kappa shape index (κ2) is 11.9. The zero-order valence-corrected chi connectivity index (χ0v) is 16.3. The molecule has 0 aromatic heterocycles. The first kappa shape index (κ1) is 21.4. The van der Waals surface area contributed by atoms with Crippen LogP contribution in [0.4, 0.5) is 0 Å². The summed E-state index contributed by atoms with van der Waals surface area (Å²) in [5.74, 6) is 0.662. The van der Waals surface area contributed by atoms with Crippen molar-refractivity contribution >= 4 is 41.5 Å². The lowest BCUT2D eigenvalue weighted by Gasteiger charge is -2.17. The third-order valence-corrected chi connectivity index (χ3v) is 3.07. The van der Waals surface area contributed by atoms with E-state index in [2.05, 4.69) is 15.6 Å². The van der Waals surface area contributed by atoms with Crippen molar-refractivity contribution in [1.29, 1.82) is 0 Å². The maximum Gasteiger partial charge on any atom is 0.191 e. The van der Waals surface area contributed by atoms with E-state index in [0.717, 1.165) is 12.1 Å². The average molecular weight is 442 g/mol. The highest BCUT2D eigenvalue weighted by molar-refractivity contribution is 14.0. The van der Waals surface area contributed by atoms with Crippen LogP contribution in [-0.4, -0.2) is 43.9 Å². The molecule has 0 aliphatic carbocycles. The summed E-state index contributed by atoms with van der Waals surface area (Å²) >= 11 is 5.83. The minimum atomic E-state index is -0.657. The van der Waals surface area contributed by atoms with Crippen LogP contribution in [0.3, 0.4) is 0 Å². The molecule has 0 heterocycles. The Bertz CT molecular complexity index is 443. The fraction of sp³-hybridized carbons (Fsp3) is 0.533. The summed E-state index contributed by atoms with van der Waals surface area (Å²) in [4.78, 5) is 4.39. The van der Waals surface area contributed by atoms with Gasteiger partial charge in [0.2, 0.25) is 0 Å². The van der Waals surface area contributed by atoms with Crippen LogP contribution in [0.15, 0.2) is 29.3 Å². The summed E-state index contributed by atoms with van der Waals surface area (Å²) in [6.07, 6.45) is -0.657. The Morgan fingerprint density at radius 1 is 1.36 bits per heavy atom. The molecule has 0 saturated heterocycles. The van der Waals surface area contributed by atoms with Crippen molar-refractivity contribution < 1.29 is 9.84 Å². The van der Waals surface area contributed by atoms with Gasteiger partial charge >= 0.3 is 0 Å². The molecule has 1 aromatic rings. The molecular formula is C15H25ClIN3O2. The van der Waals surface area contributed by atoms with Gasteiger partial charge in [0.25, 0.3) is 0 Å². The lowest BCUT2D eigenvalue weighted by molar-refractivity contribution is 0.178. The smallest absolute Gasteiger partial charge is 0.191 e. The quantitative estimate of drug-likeness (QED) is 0.346. The molecule has 0 fully saturated rings. The number of ether oxygens (including phenoxy) is 1. The molecule has 5 nitrogen and oxygen atoms in total. The summed E-state index contributed by atoms with van der Waals surface area (Å²) in [5, 5.41) is 17.1. The third-order valence-electron chi connectivity index (χ3n) is 2.82. The summed E-state index contributed by atoms with van der Waals surface area (Å²) < 4.78 is 5.08. The van der Waals surface area contributed by atoms with E-state index in [0.29, 0.717) is 17.6 Å². The van der Waals surface area contributed by atoms with Crippen molar-refractivity contribution in [1.82, 2.24) is 10.6 Å². The summed E-state index contributed by atoms with van der Waals surface area (Å²) in [6, 6.07) is 7.26. The standard InChI is InChI=1S/C15H24ClN3O2.HI/c1-4-17-15(19-11(2)10-21-3)18-9-14(20)12-5-7-13(16)8-6-12;/h5-8,11,14,20H,4,9-10H2,1-3H3,(H2,17,18,19);1H. The third kappa shape index (κ3) is 8.17. The number of nitrogens with zero attached hydrogens (tertiary/aromatic N) is 1. The number of hydrogen-bond acceptors (Lipinski definition) is 3. The van der Waals surface area contributed by atoms with Crippen molar-refractivity contribution in [2.75, 3.05) is 26.8 Å². The SMILES string of the molecule is CCNC(=NCC(O)c1ccc(Cl)cc1)NC(C)COC.I. The van der Waals surface area contributed by atoms with Gasteiger partial charge in [-0.25, -0.2) is 0 Å². The normalized spacial score (nSPS) is 14.0. The van der Waals surface area contributed by atoms with Crippen molar-refractivity contribution in [3.8, 4) is 0 Å². The minimum Gasteiger partial charge on any atom is -0.386 e. The molecule has 0 amide bonds. The van der Waals surface area contributed by atoms with E-state index in [-0.39, 0.29) is 36.6 Å². The van der Waals surface area contributed by atoms with E-state index >= 15 is 0 Å². The highest BCUT2D eigenvalue weighted by Crippen LogP contribution is 2.16. The van der Waals surface area contributed by atoms with Crippen LogP contribution < -0.4 is 10.6 Å². The summed E-state index contributed by atoms with van der Waals surface area (Å²) in [5.41, 5.74) is 0.795. The Balaban J connectivity index is 0.00000441. The summed E-state index contributed by atoms with van der Waals surface area (Å²) in [6.45, 7) is 5.61. The Morgan fingerprint density at radius 3 is 2.55 bits per heavy atom. The number of aliphatic hydroxyl groups excluding tert-OH is 1. The number of hydrogen-bond donors (Lipinski definition) is 3. The van der Waals surface area contributed by atoms with Crippen LogP contribution >= 0.6 is 35.6 Å². The predicted octanol–water partition coefficient (Wildman–Crippen LogP) is 2.58. The van der Waals surface area contributed by atoms with Crippen LogP contribution in [-0.2, 0) is 4.74 Å². The number of halogens is 2. The molecule has 0 aliphatic heterocycles. The number of aliphatic imine (C=N–C) groups is 1. The van der Waals surface area contributed by atoms with Crippen molar-refractivity contribution in [2.24, 2.45) is 4.99 Å². The van der Waals surface area contributed by atoms with Crippen LogP contribution in [0, 0.1) is 0 Å². The average Bonchev–Trinajstić information content (AvgIpc) is 2.45. The number of nitrogens with one attached hydrogen (secondary N) is 2. The number of methoxy groups -OCH3 is 1. The van der Waals surface area contributed by atoms with Crippen LogP contribution in [0.25, 0.3) is 0 Å². The van der Waals surface area contributed by atoms with E-state index in [1.165, 1.54) is 0 Å². The molecule has 1 rings (SSSR count). The van der Waals surface area contributed by atoms with Gasteiger partial charge < -0.3 is 20.5 Å². The van der Waals surface area contributed by atoms with Gasteiger partial charge in [-0.3, -0.25) is 4.99 Å². The number of guanidine groups is 1. The molecule has 2 unspecified atom stereocenters. The Labute approximate surface area is 154 Å². The zero-order valence-electron chi connectivity index (χ0n) is 13.2. The van der Waals surface area contributed by atoms with Gasteiger partial charge in [-0.1, -0.05) is 23.7 Å². The lowest BCUT2D eigenvalue weighted by atomic mass is 10.1. The predicted molar refractivity (Wildman–Crippen MR) is 102 cm³/mol. The second-order valence-corrected chi connectivity index (χ2v) is 5.22. The molecule has 0 radical (unpaired) electrons. The van der Waals surface area contributed by atoms with Gasteiger partial charge in [0.05, 0.1) is 19.3 Å². The topological polar surface area (TPSA) is 65.9 Å². The van der Waals surface area contributed by atoms with Crippen LogP contribution in [0.2, 0.25) is 5.02 Å². The monoisotopic (exact) mass is 441 g/mol. The van der Waals surface area contributed by atoms with E-state index in [1.807, 2.05) is 13.8 Å². The molecule has 126 valence electrons. The number of benzene rings is 1. The van der Waals surface area contributed by atoms with Gasteiger partial charge in [-0.15, -0.1) is 24.0 Å². The fourth-order valence-corrected chi connectivity index (χ4v) is 1.94. The largest absolute Gasteiger partial charge is 0.386 e. The van der Waals surface area contributed by atoms with Gasteiger partial charge in [0, 0.05) is 24.7 Å². The van der Waals surface area contributed by atoms with Crippen LogP contribution in [0.1, 0.15) is 25.5 Å². The Kier molecular flexibility index (Phi) is 11.6. The first-order chi connectivity index (χ1) is 10.1.